The number of carbonyl (C=O) groups excluding carboxylic acids is 1. The van der Waals surface area contributed by atoms with E-state index in [0.717, 1.165) is 17.4 Å². The molecule has 2 aliphatic rings. The highest BCUT2D eigenvalue weighted by molar-refractivity contribution is 5.78. The fraction of sp³-hybridized carbons (Fsp3) is 0.533. The molecular formula is C15H19NO. The first kappa shape index (κ1) is 10.8. The summed E-state index contributed by atoms with van der Waals surface area (Å²) in [5.74, 6) is 1.84. The number of nitrogens with one attached hydrogen (secondary N) is 1. The predicted molar refractivity (Wildman–Crippen MR) is 67.5 cm³/mol. The molecule has 2 bridgehead atoms. The molecule has 0 saturated heterocycles. The molecule has 0 aromatic heterocycles. The van der Waals surface area contributed by atoms with E-state index in [2.05, 4.69) is 5.32 Å². The highest BCUT2D eigenvalue weighted by atomic mass is 16.1. The van der Waals surface area contributed by atoms with Crippen LogP contribution >= 0.6 is 0 Å². The Balaban J connectivity index is 1.54. The standard InChI is InChI=1S/C15H19NO/c17-15(10-11-4-2-1-3-5-11)16-14-9-12-6-7-13(14)8-12/h1-5,12-14H,6-10H2,(H,16,17). The molecule has 2 saturated carbocycles. The average molecular weight is 229 g/mol. The normalized spacial score (nSPS) is 30.5. The van der Waals surface area contributed by atoms with Crippen LogP contribution in [-0.4, -0.2) is 11.9 Å². The number of hydrogen-bond acceptors (Lipinski definition) is 1. The maximum absolute atomic E-state index is 11.9. The van der Waals surface area contributed by atoms with Crippen molar-refractivity contribution >= 4 is 5.91 Å². The van der Waals surface area contributed by atoms with E-state index in [1.807, 2.05) is 30.3 Å². The van der Waals surface area contributed by atoms with Gasteiger partial charge in [-0.25, -0.2) is 0 Å². The maximum atomic E-state index is 11.9. The van der Waals surface area contributed by atoms with Crippen LogP contribution < -0.4 is 5.32 Å². The largest absolute Gasteiger partial charge is 0.353 e. The third-order valence-electron chi connectivity index (χ3n) is 4.29. The zero-order valence-corrected chi connectivity index (χ0v) is 10.1. The van der Waals surface area contributed by atoms with E-state index in [1.165, 1.54) is 25.7 Å². The van der Waals surface area contributed by atoms with Gasteiger partial charge in [0.05, 0.1) is 6.42 Å². The molecule has 2 nitrogen and oxygen atoms in total. The topological polar surface area (TPSA) is 29.1 Å². The van der Waals surface area contributed by atoms with Crippen molar-refractivity contribution in [1.29, 1.82) is 0 Å². The van der Waals surface area contributed by atoms with Crippen molar-refractivity contribution < 1.29 is 4.79 Å². The molecule has 3 rings (SSSR count). The van der Waals surface area contributed by atoms with Crippen LogP contribution in [-0.2, 0) is 11.2 Å². The Morgan fingerprint density at radius 3 is 2.65 bits per heavy atom. The summed E-state index contributed by atoms with van der Waals surface area (Å²) >= 11 is 0. The first-order valence-electron chi connectivity index (χ1n) is 6.64. The van der Waals surface area contributed by atoms with E-state index in [1.54, 1.807) is 0 Å². The first-order valence-corrected chi connectivity index (χ1v) is 6.64. The number of rotatable bonds is 3. The molecule has 1 amide bonds. The number of benzene rings is 1. The van der Waals surface area contributed by atoms with Gasteiger partial charge < -0.3 is 5.32 Å². The number of carbonyl (C=O) groups is 1. The molecule has 3 atom stereocenters. The van der Waals surface area contributed by atoms with Gasteiger partial charge in [0.15, 0.2) is 0 Å². The van der Waals surface area contributed by atoms with Gasteiger partial charge in [-0.2, -0.15) is 0 Å². The summed E-state index contributed by atoms with van der Waals surface area (Å²) in [7, 11) is 0. The molecular weight excluding hydrogens is 210 g/mol. The van der Waals surface area contributed by atoms with Gasteiger partial charge in [0.25, 0.3) is 0 Å². The van der Waals surface area contributed by atoms with Gasteiger partial charge in [-0.1, -0.05) is 36.8 Å². The summed E-state index contributed by atoms with van der Waals surface area (Å²) < 4.78 is 0. The van der Waals surface area contributed by atoms with Crippen molar-refractivity contribution in [1.82, 2.24) is 5.32 Å². The van der Waals surface area contributed by atoms with Crippen LogP contribution in [0.2, 0.25) is 0 Å². The summed E-state index contributed by atoms with van der Waals surface area (Å²) in [5, 5.41) is 3.22. The van der Waals surface area contributed by atoms with Gasteiger partial charge in [0.2, 0.25) is 5.91 Å². The zero-order valence-electron chi connectivity index (χ0n) is 10.1. The van der Waals surface area contributed by atoms with E-state index in [4.69, 9.17) is 0 Å². The molecule has 90 valence electrons. The monoisotopic (exact) mass is 229 g/mol. The van der Waals surface area contributed by atoms with Crippen molar-refractivity contribution in [3.05, 3.63) is 35.9 Å². The fourth-order valence-electron chi connectivity index (χ4n) is 3.46. The van der Waals surface area contributed by atoms with E-state index in [9.17, 15) is 4.79 Å². The molecule has 1 N–H and O–H groups in total. The number of hydrogen-bond donors (Lipinski definition) is 1. The van der Waals surface area contributed by atoms with Gasteiger partial charge in [-0.3, -0.25) is 4.79 Å². The quantitative estimate of drug-likeness (QED) is 0.848. The van der Waals surface area contributed by atoms with Gasteiger partial charge >= 0.3 is 0 Å². The molecule has 17 heavy (non-hydrogen) atoms. The Hall–Kier alpha value is -1.31. The fourth-order valence-corrected chi connectivity index (χ4v) is 3.46. The van der Waals surface area contributed by atoms with Crippen LogP contribution in [0, 0.1) is 11.8 Å². The van der Waals surface area contributed by atoms with Crippen LogP contribution in [0.4, 0.5) is 0 Å². The highest BCUT2D eigenvalue weighted by Gasteiger charge is 2.39. The minimum absolute atomic E-state index is 0.189. The number of amides is 1. The summed E-state index contributed by atoms with van der Waals surface area (Å²) in [6.07, 6.45) is 5.78. The maximum Gasteiger partial charge on any atom is 0.224 e. The molecule has 0 heterocycles. The van der Waals surface area contributed by atoms with E-state index in [0.29, 0.717) is 12.5 Å². The van der Waals surface area contributed by atoms with Crippen molar-refractivity contribution in [2.75, 3.05) is 0 Å². The lowest BCUT2D eigenvalue weighted by molar-refractivity contribution is -0.121. The van der Waals surface area contributed by atoms with E-state index < -0.39 is 0 Å². The highest BCUT2D eigenvalue weighted by Crippen LogP contribution is 2.44. The molecule has 0 radical (unpaired) electrons. The molecule has 2 aliphatic carbocycles. The van der Waals surface area contributed by atoms with Gasteiger partial charge in [0.1, 0.15) is 0 Å². The number of fused-ring (bicyclic) bond motifs is 2. The van der Waals surface area contributed by atoms with Crippen LogP contribution in [0.5, 0.6) is 0 Å². The molecule has 1 aromatic rings. The van der Waals surface area contributed by atoms with Gasteiger partial charge in [-0.15, -0.1) is 0 Å². The smallest absolute Gasteiger partial charge is 0.224 e. The summed E-state index contributed by atoms with van der Waals surface area (Å²) in [6, 6.07) is 10.4. The second kappa shape index (κ2) is 4.52. The minimum atomic E-state index is 0.189. The second-order valence-corrected chi connectivity index (χ2v) is 5.51. The average Bonchev–Trinajstić information content (AvgIpc) is 2.92. The Morgan fingerprint density at radius 1 is 1.18 bits per heavy atom. The second-order valence-electron chi connectivity index (χ2n) is 5.51. The van der Waals surface area contributed by atoms with Crippen LogP contribution in [0.1, 0.15) is 31.2 Å². The Kier molecular flexibility index (Phi) is 2.87. The van der Waals surface area contributed by atoms with Crippen molar-refractivity contribution in [2.24, 2.45) is 11.8 Å². The molecule has 1 aromatic carbocycles. The SMILES string of the molecule is O=C(Cc1ccccc1)NC1CC2CCC1C2. The molecule has 0 spiro atoms. The summed E-state index contributed by atoms with van der Waals surface area (Å²) in [6.45, 7) is 0. The van der Waals surface area contributed by atoms with Crippen molar-refractivity contribution in [3.63, 3.8) is 0 Å². The lowest BCUT2D eigenvalue weighted by atomic mass is 9.95. The molecule has 2 fully saturated rings. The van der Waals surface area contributed by atoms with E-state index >= 15 is 0 Å². The lowest BCUT2D eigenvalue weighted by Crippen LogP contribution is -2.39. The zero-order chi connectivity index (χ0) is 11.7. The van der Waals surface area contributed by atoms with Crippen LogP contribution in [0.3, 0.4) is 0 Å². The molecule has 3 unspecified atom stereocenters. The summed E-state index contributed by atoms with van der Waals surface area (Å²) in [5.41, 5.74) is 1.10. The first-order chi connectivity index (χ1) is 8.31. The van der Waals surface area contributed by atoms with Crippen LogP contribution in [0.15, 0.2) is 30.3 Å². The third kappa shape index (κ3) is 2.36. The van der Waals surface area contributed by atoms with Gasteiger partial charge in [0, 0.05) is 6.04 Å². The van der Waals surface area contributed by atoms with Crippen LogP contribution in [0.25, 0.3) is 0 Å². The summed E-state index contributed by atoms with van der Waals surface area (Å²) in [4.78, 5) is 11.9. The van der Waals surface area contributed by atoms with Crippen molar-refractivity contribution in [2.45, 2.75) is 38.1 Å². The Labute approximate surface area is 102 Å². The Bertz CT molecular complexity index is 401. The van der Waals surface area contributed by atoms with Gasteiger partial charge in [-0.05, 0) is 36.7 Å². The Morgan fingerprint density at radius 2 is 2.00 bits per heavy atom. The third-order valence-corrected chi connectivity index (χ3v) is 4.29. The lowest BCUT2D eigenvalue weighted by Gasteiger charge is -2.22. The minimum Gasteiger partial charge on any atom is -0.353 e. The van der Waals surface area contributed by atoms with E-state index in [-0.39, 0.29) is 5.91 Å². The molecule has 0 aliphatic heterocycles. The molecule has 2 heteroatoms. The van der Waals surface area contributed by atoms with Crippen molar-refractivity contribution in [3.8, 4) is 0 Å². The predicted octanol–water partition coefficient (Wildman–Crippen LogP) is 2.53.